The van der Waals surface area contributed by atoms with E-state index in [2.05, 4.69) is 20.6 Å². The Kier molecular flexibility index (Phi) is 8.64. The molecule has 25 heavy (non-hydrogen) atoms. The first kappa shape index (κ1) is 20.6. The molecule has 0 spiro atoms. The third-order valence-corrected chi connectivity index (χ3v) is 4.14. The maximum absolute atomic E-state index is 12.3. The van der Waals surface area contributed by atoms with Crippen LogP contribution in [0.3, 0.4) is 0 Å². The van der Waals surface area contributed by atoms with Crippen LogP contribution in [0.25, 0.3) is 0 Å². The number of rotatable bonds is 10. The van der Waals surface area contributed by atoms with Crippen LogP contribution in [0, 0.1) is 0 Å². The van der Waals surface area contributed by atoms with Crippen molar-refractivity contribution in [1.82, 2.24) is 20.6 Å². The van der Waals surface area contributed by atoms with Crippen LogP contribution >= 0.6 is 11.8 Å². The highest BCUT2D eigenvalue weighted by molar-refractivity contribution is 8.13. The molecule has 1 aromatic rings. The molecule has 11 heteroatoms. The van der Waals surface area contributed by atoms with E-state index in [1.165, 1.54) is 19.4 Å². The number of aromatic nitrogens is 2. The Morgan fingerprint density at radius 2 is 2.12 bits per heavy atom. The summed E-state index contributed by atoms with van der Waals surface area (Å²) in [6.07, 6.45) is 3.17. The molecule has 0 aliphatic rings. The Morgan fingerprint density at radius 1 is 1.40 bits per heavy atom. The number of aromatic amines is 1. The summed E-state index contributed by atoms with van der Waals surface area (Å²) in [5.41, 5.74) is 6.02. The molecule has 2 atom stereocenters. The molecule has 1 unspecified atom stereocenters. The van der Waals surface area contributed by atoms with Crippen LogP contribution in [0.5, 0.6) is 0 Å². The SMILES string of the molecule is CC(=O)NCCC(=O)N[C@@H](Cc1cnc[nH]1)C(=O)SCC(N)C(=O)O. The summed E-state index contributed by atoms with van der Waals surface area (Å²) in [4.78, 5) is 52.5. The number of carbonyl (C=O) groups is 4. The quantitative estimate of drug-likeness (QED) is 0.336. The van der Waals surface area contributed by atoms with Gasteiger partial charge in [-0.15, -0.1) is 0 Å². The van der Waals surface area contributed by atoms with E-state index in [4.69, 9.17) is 10.8 Å². The van der Waals surface area contributed by atoms with Crippen molar-refractivity contribution in [3.05, 3.63) is 18.2 Å². The van der Waals surface area contributed by atoms with Gasteiger partial charge in [0.15, 0.2) is 0 Å². The molecular weight excluding hydrogens is 350 g/mol. The summed E-state index contributed by atoms with van der Waals surface area (Å²) >= 11 is 0.750. The molecule has 10 nitrogen and oxygen atoms in total. The lowest BCUT2D eigenvalue weighted by Crippen LogP contribution is -2.43. The molecule has 0 aromatic carbocycles. The molecule has 6 N–H and O–H groups in total. The first-order chi connectivity index (χ1) is 11.8. The van der Waals surface area contributed by atoms with Gasteiger partial charge < -0.3 is 26.5 Å². The van der Waals surface area contributed by atoms with Gasteiger partial charge in [0.05, 0.1) is 6.33 Å². The molecule has 0 aliphatic carbocycles. The molecular formula is C14H21N5O5S. The predicted molar refractivity (Wildman–Crippen MR) is 90.6 cm³/mol. The van der Waals surface area contributed by atoms with Crippen LogP contribution in [0.15, 0.2) is 12.5 Å². The van der Waals surface area contributed by atoms with Crippen molar-refractivity contribution >= 4 is 34.7 Å². The van der Waals surface area contributed by atoms with Crippen LogP contribution in [-0.2, 0) is 25.6 Å². The smallest absolute Gasteiger partial charge is 0.321 e. The molecule has 0 radical (unpaired) electrons. The van der Waals surface area contributed by atoms with Gasteiger partial charge in [0.25, 0.3) is 0 Å². The van der Waals surface area contributed by atoms with Crippen LogP contribution in [0.4, 0.5) is 0 Å². The number of H-pyrrole nitrogens is 1. The molecule has 138 valence electrons. The zero-order valence-electron chi connectivity index (χ0n) is 13.7. The lowest BCUT2D eigenvalue weighted by atomic mass is 10.2. The molecule has 0 aliphatic heterocycles. The van der Waals surface area contributed by atoms with Crippen molar-refractivity contribution in [3.63, 3.8) is 0 Å². The third kappa shape index (κ3) is 8.31. The van der Waals surface area contributed by atoms with Crippen molar-refractivity contribution in [1.29, 1.82) is 0 Å². The van der Waals surface area contributed by atoms with Gasteiger partial charge in [0.1, 0.15) is 12.1 Å². The zero-order chi connectivity index (χ0) is 18.8. The van der Waals surface area contributed by atoms with Gasteiger partial charge in [-0.25, -0.2) is 4.98 Å². The van der Waals surface area contributed by atoms with Crippen LogP contribution in [0.1, 0.15) is 19.0 Å². The minimum atomic E-state index is -1.20. The number of amides is 2. The number of nitrogens with zero attached hydrogens (tertiary/aromatic N) is 1. The lowest BCUT2D eigenvalue weighted by Gasteiger charge is -2.17. The second-order valence-corrected chi connectivity index (χ2v) is 6.23. The van der Waals surface area contributed by atoms with Crippen LogP contribution in [0.2, 0.25) is 0 Å². The summed E-state index contributed by atoms with van der Waals surface area (Å²) in [6.45, 7) is 1.49. The summed E-state index contributed by atoms with van der Waals surface area (Å²) in [5.74, 6) is -1.97. The number of hydrogen-bond donors (Lipinski definition) is 5. The average molecular weight is 371 g/mol. The molecule has 0 saturated heterocycles. The van der Waals surface area contributed by atoms with Crippen molar-refractivity contribution < 1.29 is 24.3 Å². The summed E-state index contributed by atoms with van der Waals surface area (Å²) < 4.78 is 0. The number of imidazole rings is 1. The maximum atomic E-state index is 12.3. The highest BCUT2D eigenvalue weighted by Crippen LogP contribution is 2.11. The Morgan fingerprint density at radius 3 is 2.68 bits per heavy atom. The molecule has 1 rings (SSSR count). The monoisotopic (exact) mass is 371 g/mol. The van der Waals surface area contributed by atoms with Crippen LogP contribution < -0.4 is 16.4 Å². The summed E-state index contributed by atoms with van der Waals surface area (Å²) in [6, 6.07) is -2.03. The van der Waals surface area contributed by atoms with E-state index in [0.717, 1.165) is 11.8 Å². The van der Waals surface area contributed by atoms with Crippen molar-refractivity contribution in [2.75, 3.05) is 12.3 Å². The second kappa shape index (κ2) is 10.5. The Balaban J connectivity index is 2.62. The second-order valence-electron chi connectivity index (χ2n) is 5.21. The fourth-order valence-electron chi connectivity index (χ4n) is 1.77. The van der Waals surface area contributed by atoms with E-state index in [1.54, 1.807) is 0 Å². The first-order valence-corrected chi connectivity index (χ1v) is 8.44. The van der Waals surface area contributed by atoms with E-state index in [0.29, 0.717) is 5.69 Å². The first-order valence-electron chi connectivity index (χ1n) is 7.45. The third-order valence-electron chi connectivity index (χ3n) is 3.05. The van der Waals surface area contributed by atoms with E-state index >= 15 is 0 Å². The van der Waals surface area contributed by atoms with Crippen LogP contribution in [-0.4, -0.2) is 62.4 Å². The van der Waals surface area contributed by atoms with Gasteiger partial charge in [-0.2, -0.15) is 0 Å². The summed E-state index contributed by atoms with van der Waals surface area (Å²) in [7, 11) is 0. The molecule has 0 saturated carbocycles. The van der Waals surface area contributed by atoms with Crippen molar-refractivity contribution in [3.8, 4) is 0 Å². The number of nitrogens with two attached hydrogens (primary N) is 1. The molecule has 0 fully saturated rings. The largest absolute Gasteiger partial charge is 0.480 e. The lowest BCUT2D eigenvalue weighted by molar-refractivity contribution is -0.138. The topological polar surface area (TPSA) is 167 Å². The molecule has 2 amide bonds. The molecule has 0 bridgehead atoms. The van der Waals surface area contributed by atoms with Gasteiger partial charge in [0.2, 0.25) is 16.9 Å². The Hall–Kier alpha value is -2.40. The van der Waals surface area contributed by atoms with Gasteiger partial charge in [-0.1, -0.05) is 11.8 Å². The minimum Gasteiger partial charge on any atom is -0.480 e. The average Bonchev–Trinajstić information content (AvgIpc) is 3.04. The normalized spacial score (nSPS) is 12.9. The van der Waals surface area contributed by atoms with Gasteiger partial charge in [-0.3, -0.25) is 19.2 Å². The number of hydrogen-bond acceptors (Lipinski definition) is 7. The Bertz CT molecular complexity index is 607. The fourth-order valence-corrected chi connectivity index (χ4v) is 2.60. The highest BCUT2D eigenvalue weighted by atomic mass is 32.2. The van der Waals surface area contributed by atoms with E-state index in [1.807, 2.05) is 0 Å². The number of carboxylic acid groups (broad SMARTS) is 1. The number of thioether (sulfide) groups is 1. The Labute approximate surface area is 148 Å². The van der Waals surface area contributed by atoms with E-state index < -0.39 is 29.1 Å². The van der Waals surface area contributed by atoms with Crippen molar-refractivity contribution in [2.24, 2.45) is 5.73 Å². The van der Waals surface area contributed by atoms with Crippen molar-refractivity contribution in [2.45, 2.75) is 31.8 Å². The highest BCUT2D eigenvalue weighted by Gasteiger charge is 2.24. The predicted octanol–water partition coefficient (Wildman–Crippen LogP) is -1.37. The van der Waals surface area contributed by atoms with Gasteiger partial charge in [0, 0.05) is 44.0 Å². The molecule has 1 aromatic heterocycles. The van der Waals surface area contributed by atoms with E-state index in [-0.39, 0.29) is 31.0 Å². The maximum Gasteiger partial charge on any atom is 0.321 e. The van der Waals surface area contributed by atoms with Gasteiger partial charge in [-0.05, 0) is 0 Å². The minimum absolute atomic E-state index is 0.0195. The van der Waals surface area contributed by atoms with E-state index in [9.17, 15) is 19.2 Å². The van der Waals surface area contributed by atoms with Gasteiger partial charge >= 0.3 is 5.97 Å². The zero-order valence-corrected chi connectivity index (χ0v) is 14.5. The fraction of sp³-hybridized carbons (Fsp3) is 0.500. The standard InChI is InChI=1S/C14H21N5O5S/c1-8(20)17-3-2-12(21)19-11(4-9-5-16-7-18-9)14(24)25-6-10(15)13(22)23/h5,7,10-11H,2-4,6,15H2,1H3,(H,16,18)(H,17,20)(H,19,21)(H,22,23)/t10?,11-/m0/s1. The summed E-state index contributed by atoms with van der Waals surface area (Å²) in [5, 5.41) is 13.4. The number of aliphatic carboxylic acids is 1. The molecule has 1 heterocycles. The number of carboxylic acids is 1. The number of carbonyl (C=O) groups excluding carboxylic acids is 3. The number of nitrogens with one attached hydrogen (secondary N) is 3.